The summed E-state index contributed by atoms with van der Waals surface area (Å²) in [5.74, 6) is 0.233. The lowest BCUT2D eigenvalue weighted by atomic mass is 9.43. The fourth-order valence-corrected chi connectivity index (χ4v) is 8.81. The monoisotopic (exact) mass is 509 g/mol. The molecule has 8 heteroatoms. The predicted octanol–water partition coefficient (Wildman–Crippen LogP) is 4.41. The molecule has 3 fully saturated rings. The van der Waals surface area contributed by atoms with Crippen molar-refractivity contribution in [3.63, 3.8) is 0 Å². The Morgan fingerprint density at radius 1 is 1.27 bits per heavy atom. The molecule has 1 aliphatic heterocycles. The van der Waals surface area contributed by atoms with Crippen molar-refractivity contribution in [2.45, 2.75) is 78.6 Å². The highest BCUT2D eigenvalue weighted by molar-refractivity contribution is 6.61. The number of ether oxygens (including phenoxy) is 1. The number of anilines is 1. The van der Waals surface area contributed by atoms with Crippen molar-refractivity contribution in [1.29, 1.82) is 0 Å². The van der Waals surface area contributed by atoms with Crippen LogP contribution in [0, 0.1) is 34.0 Å². The average Bonchev–Trinajstić information content (AvgIpc) is 3.45. The molecule has 0 radical (unpaired) electrons. The number of methoxy groups -OCH3 is 1. The Bertz CT molecular complexity index is 1130. The molecule has 3 aliphatic carbocycles. The number of benzene rings is 1. The van der Waals surface area contributed by atoms with Crippen molar-refractivity contribution in [1.82, 2.24) is 0 Å². The van der Waals surface area contributed by atoms with E-state index in [2.05, 4.69) is 27.4 Å². The number of rotatable bonds is 4. The Labute approximate surface area is 220 Å². The molecule has 0 aromatic heterocycles. The third-order valence-corrected chi connectivity index (χ3v) is 11.2. The molecule has 4 aliphatic rings. The Kier molecular flexibility index (Phi) is 6.40. The molecule has 1 amide bonds. The van der Waals surface area contributed by atoms with E-state index >= 15 is 0 Å². The maximum atomic E-state index is 14.2. The highest BCUT2D eigenvalue weighted by Gasteiger charge is 2.68. The fourth-order valence-electron chi connectivity index (χ4n) is 8.81. The van der Waals surface area contributed by atoms with Crippen molar-refractivity contribution in [2.24, 2.45) is 34.0 Å². The molecule has 2 bridgehead atoms. The molecule has 0 saturated heterocycles. The molecule has 3 saturated carbocycles. The van der Waals surface area contributed by atoms with Gasteiger partial charge in [0.1, 0.15) is 5.78 Å². The van der Waals surface area contributed by atoms with Crippen LogP contribution in [0.5, 0.6) is 0 Å². The van der Waals surface area contributed by atoms with Crippen molar-refractivity contribution in [3.8, 4) is 0 Å². The van der Waals surface area contributed by atoms with Gasteiger partial charge in [0.2, 0.25) is 0 Å². The van der Waals surface area contributed by atoms with Gasteiger partial charge in [-0.2, -0.15) is 0 Å². The van der Waals surface area contributed by atoms with Gasteiger partial charge in [0.05, 0.1) is 12.7 Å². The molecule has 1 aromatic carbocycles. The molecular formula is C29H40BNO6. The first kappa shape index (κ1) is 26.5. The van der Waals surface area contributed by atoms with E-state index in [-0.39, 0.29) is 35.1 Å². The van der Waals surface area contributed by atoms with E-state index in [1.54, 1.807) is 25.3 Å². The number of carboxylic acid groups (broad SMARTS) is 1. The first-order valence-electron chi connectivity index (χ1n) is 13.6. The number of hydrogen-bond acceptors (Lipinski definition) is 5. The lowest BCUT2D eigenvalue weighted by Crippen LogP contribution is -2.66. The molecule has 8 atom stereocenters. The summed E-state index contributed by atoms with van der Waals surface area (Å²) in [6.07, 6.45) is 4.62. The zero-order valence-electron chi connectivity index (χ0n) is 22.7. The number of carbonyl (C=O) groups is 2. The Balaban J connectivity index is 1.75. The van der Waals surface area contributed by atoms with Gasteiger partial charge in [-0.15, -0.1) is 6.58 Å². The standard InChI is InChI=1S/C29H40BNO6/c1-7-27(4)15-23(31(26(33)34)20-9-8-19-16-37-30(35)21(19)14-20)28(5)17(2)10-12-29(18(3)25(27)32)13-11-22(36-6)24(28)29/h7-9,14,17-18,22-24,35H,1,10-13,15-16H2,2-6H3,(H,33,34)/t17-,18+,22-,23-,24+,27-,28+,29+/m1/s1. The second kappa shape index (κ2) is 8.96. The quantitative estimate of drug-likeness (QED) is 0.461. The maximum Gasteiger partial charge on any atom is 0.491 e. The summed E-state index contributed by atoms with van der Waals surface area (Å²) < 4.78 is 11.5. The van der Waals surface area contributed by atoms with E-state index in [0.29, 0.717) is 24.2 Å². The minimum atomic E-state index is -1.08. The van der Waals surface area contributed by atoms with Crippen LogP contribution in [-0.2, 0) is 20.8 Å². The molecule has 1 heterocycles. The minimum Gasteiger partial charge on any atom is -0.465 e. The van der Waals surface area contributed by atoms with Crippen LogP contribution in [0.2, 0.25) is 0 Å². The number of carbonyl (C=O) groups excluding carboxylic acids is 1. The van der Waals surface area contributed by atoms with E-state index in [4.69, 9.17) is 9.39 Å². The third kappa shape index (κ3) is 3.59. The molecular weight excluding hydrogens is 469 g/mol. The first-order chi connectivity index (χ1) is 17.4. The normalized spacial score (nSPS) is 41.0. The number of fused-ring (bicyclic) bond motifs is 1. The van der Waals surface area contributed by atoms with Gasteiger partial charge in [-0.1, -0.05) is 32.9 Å². The van der Waals surface area contributed by atoms with E-state index in [9.17, 15) is 19.7 Å². The zero-order chi connectivity index (χ0) is 26.9. The van der Waals surface area contributed by atoms with E-state index in [1.165, 1.54) is 4.90 Å². The molecule has 2 N–H and O–H groups in total. The van der Waals surface area contributed by atoms with Crippen LogP contribution >= 0.6 is 0 Å². The van der Waals surface area contributed by atoms with Crippen LogP contribution < -0.4 is 10.4 Å². The Hall–Kier alpha value is -2.16. The zero-order valence-corrected chi connectivity index (χ0v) is 22.7. The largest absolute Gasteiger partial charge is 0.491 e. The van der Waals surface area contributed by atoms with Crippen molar-refractivity contribution in [3.05, 3.63) is 36.4 Å². The highest BCUT2D eigenvalue weighted by atomic mass is 16.5. The Morgan fingerprint density at radius 3 is 2.62 bits per heavy atom. The number of nitrogens with zero attached hydrogens (tertiary/aromatic N) is 1. The van der Waals surface area contributed by atoms with Gasteiger partial charge in [-0.05, 0) is 84.9 Å². The number of ketones is 1. The minimum absolute atomic E-state index is 0.0375. The molecule has 0 unspecified atom stereocenters. The van der Waals surface area contributed by atoms with Crippen LogP contribution in [0.15, 0.2) is 30.9 Å². The number of Topliss-reactive ketones (excluding diaryl/α,β-unsaturated/α-hetero) is 1. The van der Waals surface area contributed by atoms with E-state index in [0.717, 1.165) is 31.2 Å². The topological polar surface area (TPSA) is 96.3 Å². The fraction of sp³-hybridized carbons (Fsp3) is 0.655. The second-order valence-electron chi connectivity index (χ2n) is 12.5. The Morgan fingerprint density at radius 2 is 1.97 bits per heavy atom. The van der Waals surface area contributed by atoms with Gasteiger partial charge in [-0.25, -0.2) is 4.79 Å². The number of hydrogen-bond donors (Lipinski definition) is 2. The molecule has 0 spiro atoms. The summed E-state index contributed by atoms with van der Waals surface area (Å²) in [7, 11) is 0.673. The van der Waals surface area contributed by atoms with Crippen LogP contribution in [-0.4, -0.2) is 48.4 Å². The second-order valence-corrected chi connectivity index (χ2v) is 12.5. The lowest BCUT2D eigenvalue weighted by molar-refractivity contribution is -0.163. The van der Waals surface area contributed by atoms with Crippen molar-refractivity contribution < 1.29 is 29.1 Å². The summed E-state index contributed by atoms with van der Waals surface area (Å²) in [4.78, 5) is 28.8. The van der Waals surface area contributed by atoms with Crippen LogP contribution in [0.1, 0.15) is 65.4 Å². The molecule has 5 rings (SSSR count). The average molecular weight is 509 g/mol. The van der Waals surface area contributed by atoms with Gasteiger partial charge >= 0.3 is 13.2 Å². The maximum absolute atomic E-state index is 14.2. The van der Waals surface area contributed by atoms with Gasteiger partial charge in [0.15, 0.2) is 0 Å². The van der Waals surface area contributed by atoms with Gasteiger partial charge in [0.25, 0.3) is 0 Å². The van der Waals surface area contributed by atoms with Gasteiger partial charge in [-0.3, -0.25) is 9.69 Å². The van der Waals surface area contributed by atoms with Crippen molar-refractivity contribution in [2.75, 3.05) is 12.0 Å². The molecule has 1 aromatic rings. The summed E-state index contributed by atoms with van der Waals surface area (Å²) in [6, 6.07) is 4.87. The van der Waals surface area contributed by atoms with Crippen LogP contribution in [0.4, 0.5) is 10.5 Å². The van der Waals surface area contributed by atoms with Gasteiger partial charge in [0, 0.05) is 30.2 Å². The predicted molar refractivity (Wildman–Crippen MR) is 143 cm³/mol. The molecule has 7 nitrogen and oxygen atoms in total. The summed E-state index contributed by atoms with van der Waals surface area (Å²) in [6.45, 7) is 12.9. The molecule has 200 valence electrons. The lowest BCUT2D eigenvalue weighted by Gasteiger charge is -2.63. The summed E-state index contributed by atoms with van der Waals surface area (Å²) in [5.41, 5.74) is 0.363. The van der Waals surface area contributed by atoms with Crippen LogP contribution in [0.3, 0.4) is 0 Å². The van der Waals surface area contributed by atoms with E-state index < -0.39 is 30.1 Å². The van der Waals surface area contributed by atoms with Gasteiger partial charge < -0.3 is 19.5 Å². The highest BCUT2D eigenvalue weighted by Crippen LogP contribution is 2.69. The summed E-state index contributed by atoms with van der Waals surface area (Å²) >= 11 is 0. The first-order valence-corrected chi connectivity index (χ1v) is 13.6. The smallest absolute Gasteiger partial charge is 0.465 e. The SMILES string of the molecule is C=C[C@]1(C)C[C@@H](N(C(=O)O)c2ccc3c(c2)B(O)OC3)[C@]2(C)[C@H](C)CC[C@]3(CC[C@@H](OC)[C@H]32)[C@@H](C)C1=O. The van der Waals surface area contributed by atoms with Crippen LogP contribution in [0.25, 0.3) is 0 Å². The number of allylic oxidation sites excluding steroid dienone is 1. The van der Waals surface area contributed by atoms with E-state index in [1.807, 2.05) is 13.0 Å². The number of amides is 1. The van der Waals surface area contributed by atoms with Crippen molar-refractivity contribution >= 4 is 30.1 Å². The third-order valence-electron chi connectivity index (χ3n) is 11.2. The molecule has 37 heavy (non-hydrogen) atoms. The summed E-state index contributed by atoms with van der Waals surface area (Å²) in [5, 5.41) is 21.1.